The molecule has 0 saturated carbocycles. The van der Waals surface area contributed by atoms with Gasteiger partial charge in [-0.05, 0) is 12.0 Å². The van der Waals surface area contributed by atoms with E-state index in [2.05, 4.69) is 0 Å². The van der Waals surface area contributed by atoms with E-state index in [1.54, 1.807) is 4.90 Å². The Bertz CT molecular complexity index is 446. The molecule has 1 amide bonds. The maximum absolute atomic E-state index is 11.9. The summed E-state index contributed by atoms with van der Waals surface area (Å²) in [5.41, 5.74) is 1.04. The number of carboxylic acids is 1. The van der Waals surface area contributed by atoms with Gasteiger partial charge in [-0.25, -0.2) is 0 Å². The van der Waals surface area contributed by atoms with Gasteiger partial charge in [0.05, 0.1) is 12.6 Å². The van der Waals surface area contributed by atoms with Crippen molar-refractivity contribution in [3.63, 3.8) is 0 Å². The van der Waals surface area contributed by atoms with Gasteiger partial charge in [-0.2, -0.15) is 0 Å². The van der Waals surface area contributed by atoms with Crippen LogP contribution in [0.5, 0.6) is 0 Å². The molecule has 1 unspecified atom stereocenters. The van der Waals surface area contributed by atoms with Gasteiger partial charge in [-0.1, -0.05) is 30.3 Å². The van der Waals surface area contributed by atoms with Crippen LogP contribution < -0.4 is 0 Å². The standard InChI is InChI=1S/C14H17NO4/c16-13-10-19-9-12(6-7-14(17)18)15(13)8-11-4-2-1-3-5-11/h1-5,12H,6-10H2,(H,17,18). The van der Waals surface area contributed by atoms with E-state index in [0.717, 1.165) is 5.56 Å². The molecule has 0 aromatic heterocycles. The number of carbonyl (C=O) groups excluding carboxylic acids is 1. The van der Waals surface area contributed by atoms with E-state index in [0.29, 0.717) is 19.6 Å². The summed E-state index contributed by atoms with van der Waals surface area (Å²) in [6.45, 7) is 0.996. The smallest absolute Gasteiger partial charge is 0.303 e. The van der Waals surface area contributed by atoms with Crippen LogP contribution in [-0.2, 0) is 20.9 Å². The zero-order chi connectivity index (χ0) is 13.7. The van der Waals surface area contributed by atoms with Crippen LogP contribution in [0.2, 0.25) is 0 Å². The van der Waals surface area contributed by atoms with Crippen LogP contribution in [0.25, 0.3) is 0 Å². The molecular weight excluding hydrogens is 246 g/mol. The van der Waals surface area contributed by atoms with Gasteiger partial charge < -0.3 is 14.7 Å². The van der Waals surface area contributed by atoms with E-state index in [-0.39, 0.29) is 25.0 Å². The highest BCUT2D eigenvalue weighted by Crippen LogP contribution is 2.17. The maximum Gasteiger partial charge on any atom is 0.303 e. The first-order valence-electron chi connectivity index (χ1n) is 6.30. The zero-order valence-electron chi connectivity index (χ0n) is 10.6. The van der Waals surface area contributed by atoms with Crippen LogP contribution >= 0.6 is 0 Å². The molecule has 0 radical (unpaired) electrons. The van der Waals surface area contributed by atoms with E-state index < -0.39 is 5.97 Å². The summed E-state index contributed by atoms with van der Waals surface area (Å²) in [5.74, 6) is -0.928. The molecule has 1 aliphatic heterocycles. The second kappa shape index (κ2) is 6.33. The van der Waals surface area contributed by atoms with Crippen molar-refractivity contribution in [3.05, 3.63) is 35.9 Å². The van der Waals surface area contributed by atoms with Gasteiger partial charge >= 0.3 is 5.97 Å². The Hall–Kier alpha value is -1.88. The fourth-order valence-corrected chi connectivity index (χ4v) is 2.19. The summed E-state index contributed by atoms with van der Waals surface area (Å²) in [4.78, 5) is 24.3. The van der Waals surface area contributed by atoms with Gasteiger partial charge in [0.2, 0.25) is 5.91 Å². The lowest BCUT2D eigenvalue weighted by atomic mass is 10.1. The van der Waals surface area contributed by atoms with Crippen molar-refractivity contribution in [2.24, 2.45) is 0 Å². The molecule has 0 bridgehead atoms. The van der Waals surface area contributed by atoms with Gasteiger partial charge in [-0.15, -0.1) is 0 Å². The number of hydrogen-bond donors (Lipinski definition) is 1. The number of carbonyl (C=O) groups is 2. The van der Waals surface area contributed by atoms with Crippen LogP contribution in [-0.4, -0.2) is 41.1 Å². The molecule has 19 heavy (non-hydrogen) atoms. The Labute approximate surface area is 111 Å². The summed E-state index contributed by atoms with van der Waals surface area (Å²) in [7, 11) is 0. The van der Waals surface area contributed by atoms with E-state index >= 15 is 0 Å². The number of aliphatic carboxylic acids is 1. The first-order chi connectivity index (χ1) is 9.16. The fourth-order valence-electron chi connectivity index (χ4n) is 2.19. The number of amides is 1. The number of rotatable bonds is 5. The molecule has 102 valence electrons. The van der Waals surface area contributed by atoms with Crippen LogP contribution in [0.15, 0.2) is 30.3 Å². The van der Waals surface area contributed by atoms with Crippen LogP contribution in [0, 0.1) is 0 Å². The summed E-state index contributed by atoms with van der Waals surface area (Å²) in [6.07, 6.45) is 0.473. The number of nitrogens with zero attached hydrogens (tertiary/aromatic N) is 1. The van der Waals surface area contributed by atoms with Gasteiger partial charge in [0.1, 0.15) is 6.61 Å². The molecule has 2 rings (SSSR count). The normalized spacial score (nSPS) is 19.5. The predicted molar refractivity (Wildman–Crippen MR) is 68.5 cm³/mol. The van der Waals surface area contributed by atoms with Gasteiger partial charge in [-0.3, -0.25) is 9.59 Å². The minimum Gasteiger partial charge on any atom is -0.481 e. The topological polar surface area (TPSA) is 66.8 Å². The number of ether oxygens (including phenoxy) is 1. The highest BCUT2D eigenvalue weighted by atomic mass is 16.5. The van der Waals surface area contributed by atoms with Crippen molar-refractivity contribution in [1.82, 2.24) is 4.90 Å². The maximum atomic E-state index is 11.9. The number of morpholine rings is 1. The third-order valence-corrected chi connectivity index (χ3v) is 3.18. The highest BCUT2D eigenvalue weighted by Gasteiger charge is 2.28. The average Bonchev–Trinajstić information content (AvgIpc) is 2.40. The van der Waals surface area contributed by atoms with Crippen molar-refractivity contribution in [2.45, 2.75) is 25.4 Å². The van der Waals surface area contributed by atoms with Crippen LogP contribution in [0.4, 0.5) is 0 Å². The van der Waals surface area contributed by atoms with Crippen molar-refractivity contribution < 1.29 is 19.4 Å². The largest absolute Gasteiger partial charge is 0.481 e. The molecule has 1 fully saturated rings. The van der Waals surface area contributed by atoms with E-state index in [4.69, 9.17) is 9.84 Å². The molecule has 1 aromatic carbocycles. The lowest BCUT2D eigenvalue weighted by molar-refractivity contribution is -0.151. The number of carboxylic acid groups (broad SMARTS) is 1. The monoisotopic (exact) mass is 263 g/mol. The number of benzene rings is 1. The van der Waals surface area contributed by atoms with Crippen LogP contribution in [0.1, 0.15) is 18.4 Å². The summed E-state index contributed by atoms with van der Waals surface area (Å²) in [6, 6.07) is 9.53. The van der Waals surface area contributed by atoms with Crippen molar-refractivity contribution in [2.75, 3.05) is 13.2 Å². The van der Waals surface area contributed by atoms with Gasteiger partial charge in [0, 0.05) is 13.0 Å². The molecule has 1 saturated heterocycles. The summed E-state index contributed by atoms with van der Waals surface area (Å²) >= 11 is 0. The van der Waals surface area contributed by atoms with Crippen molar-refractivity contribution in [1.29, 1.82) is 0 Å². The zero-order valence-corrected chi connectivity index (χ0v) is 10.6. The molecule has 1 aliphatic rings. The molecule has 1 heterocycles. The lowest BCUT2D eigenvalue weighted by Crippen LogP contribution is -2.48. The second-order valence-corrected chi connectivity index (χ2v) is 4.61. The van der Waals surface area contributed by atoms with Crippen molar-refractivity contribution >= 4 is 11.9 Å². The summed E-state index contributed by atoms with van der Waals surface area (Å²) < 4.78 is 5.21. The van der Waals surface area contributed by atoms with Crippen LogP contribution in [0.3, 0.4) is 0 Å². The summed E-state index contributed by atoms with van der Waals surface area (Å²) in [5, 5.41) is 8.74. The molecule has 5 heteroatoms. The molecule has 0 aliphatic carbocycles. The Morgan fingerprint density at radius 1 is 1.37 bits per heavy atom. The Kier molecular flexibility index (Phi) is 4.52. The number of hydrogen-bond acceptors (Lipinski definition) is 3. The second-order valence-electron chi connectivity index (χ2n) is 4.61. The molecule has 1 aromatic rings. The fraction of sp³-hybridized carbons (Fsp3) is 0.429. The molecule has 1 atom stereocenters. The third kappa shape index (κ3) is 3.79. The first-order valence-corrected chi connectivity index (χ1v) is 6.30. The minimum atomic E-state index is -0.849. The third-order valence-electron chi connectivity index (χ3n) is 3.18. The molecular formula is C14H17NO4. The molecule has 5 nitrogen and oxygen atoms in total. The Morgan fingerprint density at radius 3 is 2.79 bits per heavy atom. The highest BCUT2D eigenvalue weighted by molar-refractivity contribution is 5.78. The first kappa shape index (κ1) is 13.5. The van der Waals surface area contributed by atoms with Gasteiger partial charge in [0.15, 0.2) is 0 Å². The molecule has 0 spiro atoms. The SMILES string of the molecule is O=C(O)CCC1COCC(=O)N1Cc1ccccc1. The van der Waals surface area contributed by atoms with E-state index in [1.165, 1.54) is 0 Å². The minimum absolute atomic E-state index is 0.0482. The van der Waals surface area contributed by atoms with E-state index in [1.807, 2.05) is 30.3 Å². The average molecular weight is 263 g/mol. The quantitative estimate of drug-likeness (QED) is 0.869. The predicted octanol–water partition coefficient (Wildman–Crippen LogP) is 1.28. The Morgan fingerprint density at radius 2 is 2.11 bits per heavy atom. The Balaban J connectivity index is 2.03. The molecule has 1 N–H and O–H groups in total. The van der Waals surface area contributed by atoms with E-state index in [9.17, 15) is 9.59 Å². The van der Waals surface area contributed by atoms with Crippen molar-refractivity contribution in [3.8, 4) is 0 Å². The van der Waals surface area contributed by atoms with Gasteiger partial charge in [0.25, 0.3) is 0 Å². The lowest BCUT2D eigenvalue weighted by Gasteiger charge is -2.35.